The van der Waals surface area contributed by atoms with E-state index < -0.39 is 0 Å². The number of aliphatic hydroxyl groups is 1. The zero-order chi connectivity index (χ0) is 14.6. The van der Waals surface area contributed by atoms with Crippen LogP contribution >= 0.6 is 0 Å². The molecule has 3 heteroatoms. The average molecular weight is 278 g/mol. The lowest BCUT2D eigenvalue weighted by Crippen LogP contribution is -2.11. The van der Waals surface area contributed by atoms with Gasteiger partial charge in [-0.15, -0.1) is 0 Å². The third-order valence-electron chi connectivity index (χ3n) is 3.32. The number of unbranched alkanes of at least 4 members (excludes halogenated alkanes) is 3. The zero-order valence-electron chi connectivity index (χ0n) is 12.4. The average Bonchev–Trinajstić information content (AvgIpc) is 2.48. The Bertz CT molecular complexity index is 362. The van der Waals surface area contributed by atoms with Crippen molar-refractivity contribution >= 4 is 5.97 Å². The molecule has 0 aliphatic rings. The van der Waals surface area contributed by atoms with Gasteiger partial charge in [0.1, 0.15) is 6.61 Å². The van der Waals surface area contributed by atoms with Crippen LogP contribution in [0.25, 0.3) is 0 Å². The first-order chi connectivity index (χ1) is 9.72. The molecule has 112 valence electrons. The fourth-order valence-electron chi connectivity index (χ4n) is 2.05. The summed E-state index contributed by atoms with van der Waals surface area (Å²) in [5.74, 6) is -0.235. The highest BCUT2D eigenvalue weighted by atomic mass is 16.5. The van der Waals surface area contributed by atoms with Gasteiger partial charge in [-0.1, -0.05) is 62.9 Å². The van der Waals surface area contributed by atoms with Crippen molar-refractivity contribution in [3.05, 3.63) is 35.9 Å². The van der Waals surface area contributed by atoms with Crippen molar-refractivity contribution in [1.29, 1.82) is 0 Å². The lowest BCUT2D eigenvalue weighted by molar-refractivity contribution is -0.145. The van der Waals surface area contributed by atoms with E-state index in [1.54, 1.807) is 0 Å². The molecule has 0 aliphatic heterocycles. The van der Waals surface area contributed by atoms with E-state index in [1.165, 1.54) is 12.8 Å². The molecule has 1 rings (SSSR count). The number of hydrogen-bond acceptors (Lipinski definition) is 3. The Morgan fingerprint density at radius 2 is 1.90 bits per heavy atom. The Hall–Kier alpha value is -1.35. The highest BCUT2D eigenvalue weighted by molar-refractivity contribution is 5.69. The summed E-state index contributed by atoms with van der Waals surface area (Å²) in [6.07, 6.45) is 5.80. The molecule has 1 aromatic rings. The summed E-state index contributed by atoms with van der Waals surface area (Å²) < 4.78 is 5.17. The Balaban J connectivity index is 2.07. The second-order valence-corrected chi connectivity index (χ2v) is 5.19. The molecule has 0 aromatic heterocycles. The van der Waals surface area contributed by atoms with Gasteiger partial charge in [-0.2, -0.15) is 0 Å². The van der Waals surface area contributed by atoms with Crippen LogP contribution in [0.5, 0.6) is 0 Å². The van der Waals surface area contributed by atoms with Gasteiger partial charge in [-0.3, -0.25) is 4.79 Å². The molecule has 0 heterocycles. The number of ether oxygens (including phenoxy) is 1. The second-order valence-electron chi connectivity index (χ2n) is 5.19. The van der Waals surface area contributed by atoms with Crippen LogP contribution in [-0.4, -0.2) is 17.2 Å². The van der Waals surface area contributed by atoms with E-state index in [1.807, 2.05) is 30.3 Å². The normalized spacial score (nSPS) is 12.1. The van der Waals surface area contributed by atoms with E-state index in [-0.39, 0.29) is 12.1 Å². The van der Waals surface area contributed by atoms with Gasteiger partial charge in [0, 0.05) is 6.42 Å². The molecule has 0 bridgehead atoms. The van der Waals surface area contributed by atoms with E-state index >= 15 is 0 Å². The quantitative estimate of drug-likeness (QED) is 0.522. The zero-order valence-corrected chi connectivity index (χ0v) is 12.4. The van der Waals surface area contributed by atoms with Crippen LogP contribution < -0.4 is 0 Å². The summed E-state index contributed by atoms with van der Waals surface area (Å²) in [6.45, 7) is 2.48. The third-order valence-corrected chi connectivity index (χ3v) is 3.32. The van der Waals surface area contributed by atoms with Gasteiger partial charge in [0.15, 0.2) is 0 Å². The van der Waals surface area contributed by atoms with Crippen molar-refractivity contribution in [3.63, 3.8) is 0 Å². The van der Waals surface area contributed by atoms with Crippen LogP contribution in [0.15, 0.2) is 30.3 Å². The number of carbonyl (C=O) groups excluding carboxylic acids is 1. The molecule has 0 aliphatic carbocycles. The van der Waals surface area contributed by atoms with Crippen molar-refractivity contribution in [2.45, 2.75) is 64.6 Å². The van der Waals surface area contributed by atoms with E-state index in [4.69, 9.17) is 4.74 Å². The van der Waals surface area contributed by atoms with E-state index in [9.17, 15) is 9.90 Å². The number of hydrogen-bond donors (Lipinski definition) is 1. The molecule has 0 spiro atoms. The summed E-state index contributed by atoms with van der Waals surface area (Å²) in [5, 5.41) is 9.77. The Labute approximate surface area is 122 Å². The number of aliphatic hydroxyl groups excluding tert-OH is 1. The van der Waals surface area contributed by atoms with Crippen LogP contribution in [0.4, 0.5) is 0 Å². The standard InChI is InChI=1S/C17H26O3/c1-2-3-4-8-11-16(18)12-13-17(19)20-14-15-9-6-5-7-10-15/h5-7,9-10,16,18H,2-4,8,11-14H2,1H3. The molecule has 1 unspecified atom stereocenters. The van der Waals surface area contributed by atoms with Gasteiger partial charge < -0.3 is 9.84 Å². The maximum absolute atomic E-state index is 11.6. The summed E-state index contributed by atoms with van der Waals surface area (Å²) in [6, 6.07) is 9.62. The van der Waals surface area contributed by atoms with Crippen LogP contribution in [0, 0.1) is 0 Å². The summed E-state index contributed by atoms with van der Waals surface area (Å²) in [7, 11) is 0. The summed E-state index contributed by atoms with van der Waals surface area (Å²) >= 11 is 0. The van der Waals surface area contributed by atoms with Gasteiger partial charge in [0.25, 0.3) is 0 Å². The fourth-order valence-corrected chi connectivity index (χ4v) is 2.05. The predicted molar refractivity (Wildman–Crippen MR) is 80.2 cm³/mol. The minimum absolute atomic E-state index is 0.235. The van der Waals surface area contributed by atoms with Crippen LogP contribution in [0.2, 0.25) is 0 Å². The molecule has 0 saturated heterocycles. The Morgan fingerprint density at radius 1 is 1.15 bits per heavy atom. The molecular weight excluding hydrogens is 252 g/mol. The van der Waals surface area contributed by atoms with Gasteiger partial charge in [0.2, 0.25) is 0 Å². The summed E-state index contributed by atoms with van der Waals surface area (Å²) in [4.78, 5) is 11.6. The number of carbonyl (C=O) groups is 1. The highest BCUT2D eigenvalue weighted by Crippen LogP contribution is 2.10. The van der Waals surface area contributed by atoms with E-state index in [2.05, 4.69) is 6.92 Å². The number of benzene rings is 1. The van der Waals surface area contributed by atoms with Crippen LogP contribution in [-0.2, 0) is 16.1 Å². The minimum Gasteiger partial charge on any atom is -0.461 e. The van der Waals surface area contributed by atoms with E-state index in [0.717, 1.165) is 24.8 Å². The summed E-state index contributed by atoms with van der Waals surface area (Å²) in [5.41, 5.74) is 0.987. The van der Waals surface area contributed by atoms with E-state index in [0.29, 0.717) is 19.4 Å². The van der Waals surface area contributed by atoms with Crippen molar-refractivity contribution in [3.8, 4) is 0 Å². The van der Waals surface area contributed by atoms with Crippen LogP contribution in [0.3, 0.4) is 0 Å². The monoisotopic (exact) mass is 278 g/mol. The minimum atomic E-state index is -0.379. The molecule has 0 radical (unpaired) electrons. The van der Waals surface area contributed by atoms with Gasteiger partial charge in [-0.05, 0) is 18.4 Å². The molecule has 0 fully saturated rings. The number of esters is 1. The molecule has 3 nitrogen and oxygen atoms in total. The van der Waals surface area contributed by atoms with Gasteiger partial charge >= 0.3 is 5.97 Å². The topological polar surface area (TPSA) is 46.5 Å². The highest BCUT2D eigenvalue weighted by Gasteiger charge is 2.09. The SMILES string of the molecule is CCCCCCC(O)CCC(=O)OCc1ccccc1. The molecule has 0 amide bonds. The smallest absolute Gasteiger partial charge is 0.306 e. The Kier molecular flexibility index (Phi) is 8.72. The third kappa shape index (κ3) is 7.95. The van der Waals surface area contributed by atoms with Crippen molar-refractivity contribution < 1.29 is 14.6 Å². The molecule has 0 saturated carbocycles. The molecule has 1 N–H and O–H groups in total. The van der Waals surface area contributed by atoms with Gasteiger partial charge in [-0.25, -0.2) is 0 Å². The van der Waals surface area contributed by atoms with Crippen molar-refractivity contribution in [2.24, 2.45) is 0 Å². The van der Waals surface area contributed by atoms with Gasteiger partial charge in [0.05, 0.1) is 6.10 Å². The number of rotatable bonds is 10. The first-order valence-electron chi connectivity index (χ1n) is 7.60. The van der Waals surface area contributed by atoms with Crippen molar-refractivity contribution in [2.75, 3.05) is 0 Å². The molecule has 1 atom stereocenters. The lowest BCUT2D eigenvalue weighted by Gasteiger charge is -2.10. The largest absolute Gasteiger partial charge is 0.461 e. The maximum Gasteiger partial charge on any atom is 0.306 e. The maximum atomic E-state index is 11.6. The molecular formula is C17H26O3. The fraction of sp³-hybridized carbons (Fsp3) is 0.588. The second kappa shape index (κ2) is 10.4. The Morgan fingerprint density at radius 3 is 2.60 bits per heavy atom. The molecule has 20 heavy (non-hydrogen) atoms. The van der Waals surface area contributed by atoms with Crippen molar-refractivity contribution in [1.82, 2.24) is 0 Å². The molecule has 1 aromatic carbocycles. The first kappa shape index (κ1) is 16.7. The predicted octanol–water partition coefficient (Wildman–Crippen LogP) is 3.84. The lowest BCUT2D eigenvalue weighted by atomic mass is 10.1. The first-order valence-corrected chi connectivity index (χ1v) is 7.60. The van der Waals surface area contributed by atoms with Crippen LogP contribution in [0.1, 0.15) is 57.4 Å².